The molecule has 0 aromatic carbocycles. The van der Waals surface area contributed by atoms with E-state index in [1.807, 2.05) is 0 Å². The normalized spacial score (nSPS) is 11.6. The molecule has 0 radical (unpaired) electrons. The predicted molar refractivity (Wildman–Crippen MR) is 49.2 cm³/mol. The van der Waals surface area contributed by atoms with E-state index in [9.17, 15) is 4.79 Å². The molecule has 0 aliphatic rings. The zero-order chi connectivity index (χ0) is 8.27. The van der Waals surface area contributed by atoms with Crippen LogP contribution in [0.4, 0.5) is 0 Å². The topological polar surface area (TPSA) is 17.1 Å². The Morgan fingerprint density at radius 2 is 2.27 bits per heavy atom. The molecule has 0 saturated carbocycles. The van der Waals surface area contributed by atoms with Crippen molar-refractivity contribution in [2.75, 3.05) is 0 Å². The number of allylic oxidation sites excluding steroid dienone is 1. The van der Waals surface area contributed by atoms with Gasteiger partial charge in [-0.1, -0.05) is 23.2 Å². The number of rotatable bonds is 2. The van der Waals surface area contributed by atoms with E-state index in [0.717, 1.165) is 4.88 Å². The molecule has 0 aliphatic heterocycles. The smallest absolute Gasteiger partial charge is 0.144 e. The number of carbonyl (C=O) groups is 1. The molecule has 1 aromatic heterocycles. The molecule has 58 valence electrons. The summed E-state index contributed by atoms with van der Waals surface area (Å²) >= 11 is 12.7. The number of hydrogen-bond donors (Lipinski definition) is 0. The molecule has 0 unspecified atom stereocenters. The molecular weight excluding hydrogens is 203 g/mol. The Morgan fingerprint density at radius 1 is 1.55 bits per heavy atom. The van der Waals surface area contributed by atoms with Gasteiger partial charge in [0.2, 0.25) is 0 Å². The summed E-state index contributed by atoms with van der Waals surface area (Å²) in [5.41, 5.74) is 0. The molecule has 0 amide bonds. The number of aldehydes is 1. The van der Waals surface area contributed by atoms with Gasteiger partial charge in [-0.25, -0.2) is 0 Å². The van der Waals surface area contributed by atoms with Crippen LogP contribution in [0.1, 0.15) is 4.88 Å². The van der Waals surface area contributed by atoms with Gasteiger partial charge in [-0.05, 0) is 18.2 Å². The zero-order valence-electron chi connectivity index (χ0n) is 5.38. The monoisotopic (exact) mass is 206 g/mol. The van der Waals surface area contributed by atoms with E-state index in [4.69, 9.17) is 23.2 Å². The largest absolute Gasteiger partial charge is 0.299 e. The minimum Gasteiger partial charge on any atom is -0.299 e. The molecular formula is C7H4Cl2OS. The van der Waals surface area contributed by atoms with E-state index >= 15 is 0 Å². The highest BCUT2D eigenvalue weighted by molar-refractivity contribution is 7.17. The van der Waals surface area contributed by atoms with Gasteiger partial charge in [-0.2, -0.15) is 0 Å². The van der Waals surface area contributed by atoms with Crippen molar-refractivity contribution in [3.05, 3.63) is 27.4 Å². The predicted octanol–water partition coefficient (Wildman–Crippen LogP) is 3.18. The molecule has 0 saturated heterocycles. The molecule has 0 aliphatic carbocycles. The first kappa shape index (κ1) is 8.78. The Morgan fingerprint density at radius 3 is 2.73 bits per heavy atom. The first-order valence-electron chi connectivity index (χ1n) is 2.80. The van der Waals surface area contributed by atoms with E-state index in [0.29, 0.717) is 15.7 Å². The van der Waals surface area contributed by atoms with Crippen LogP contribution in [-0.2, 0) is 4.79 Å². The molecule has 0 spiro atoms. The van der Waals surface area contributed by atoms with Gasteiger partial charge in [0, 0.05) is 4.88 Å². The SMILES string of the molecule is O=C/C=C(\Cl)c1ccc(Cl)s1. The van der Waals surface area contributed by atoms with Crippen LogP contribution in [0.15, 0.2) is 18.2 Å². The second-order valence-electron chi connectivity index (χ2n) is 1.75. The molecule has 0 fully saturated rings. The lowest BCUT2D eigenvalue weighted by Crippen LogP contribution is -1.67. The van der Waals surface area contributed by atoms with Crippen LogP contribution in [0, 0.1) is 0 Å². The lowest BCUT2D eigenvalue weighted by Gasteiger charge is -1.87. The third-order valence-corrected chi connectivity index (χ3v) is 2.73. The van der Waals surface area contributed by atoms with Gasteiger partial charge in [0.1, 0.15) is 6.29 Å². The van der Waals surface area contributed by atoms with Crippen molar-refractivity contribution in [2.24, 2.45) is 0 Å². The van der Waals surface area contributed by atoms with Crippen molar-refractivity contribution in [2.45, 2.75) is 0 Å². The molecule has 11 heavy (non-hydrogen) atoms. The Labute approximate surface area is 78.2 Å². The molecule has 0 bridgehead atoms. The number of halogens is 2. The molecule has 1 aromatic rings. The molecule has 0 atom stereocenters. The van der Waals surface area contributed by atoms with Gasteiger partial charge in [0.05, 0.1) is 9.37 Å². The average Bonchev–Trinajstić information content (AvgIpc) is 2.36. The number of hydrogen-bond acceptors (Lipinski definition) is 2. The average molecular weight is 207 g/mol. The van der Waals surface area contributed by atoms with Gasteiger partial charge >= 0.3 is 0 Å². The quantitative estimate of drug-likeness (QED) is 0.537. The van der Waals surface area contributed by atoms with Crippen LogP contribution in [0.2, 0.25) is 4.34 Å². The Hall–Kier alpha value is -0.310. The number of thiophene rings is 1. The van der Waals surface area contributed by atoms with Crippen molar-refractivity contribution in [3.8, 4) is 0 Å². The third-order valence-electron chi connectivity index (χ3n) is 1.02. The van der Waals surface area contributed by atoms with Crippen LogP contribution in [0.25, 0.3) is 5.03 Å². The highest BCUT2D eigenvalue weighted by Gasteiger charge is 2.00. The summed E-state index contributed by atoms with van der Waals surface area (Å²) in [6.45, 7) is 0. The van der Waals surface area contributed by atoms with E-state index in [1.54, 1.807) is 12.1 Å². The molecule has 4 heteroatoms. The van der Waals surface area contributed by atoms with Gasteiger partial charge in [0.25, 0.3) is 0 Å². The standard InChI is InChI=1S/C7H4Cl2OS/c8-5(3-4-10)6-1-2-7(9)11-6/h1-4H/b5-3-. The number of carbonyl (C=O) groups excluding carboxylic acids is 1. The van der Waals surface area contributed by atoms with Crippen LogP contribution in [0.3, 0.4) is 0 Å². The van der Waals surface area contributed by atoms with E-state index in [2.05, 4.69) is 0 Å². The molecule has 1 nitrogen and oxygen atoms in total. The van der Waals surface area contributed by atoms with Crippen molar-refractivity contribution in [3.63, 3.8) is 0 Å². The lowest BCUT2D eigenvalue weighted by molar-refractivity contribution is -0.104. The molecule has 1 heterocycles. The first-order chi connectivity index (χ1) is 5.24. The van der Waals surface area contributed by atoms with Crippen molar-refractivity contribution in [1.29, 1.82) is 0 Å². The fourth-order valence-corrected chi connectivity index (χ4v) is 1.77. The fraction of sp³-hybridized carbons (Fsp3) is 0. The van der Waals surface area contributed by atoms with Gasteiger partial charge in [-0.15, -0.1) is 11.3 Å². The third kappa shape index (κ3) is 2.33. The van der Waals surface area contributed by atoms with Crippen LogP contribution in [0.5, 0.6) is 0 Å². The Kier molecular flexibility index (Phi) is 3.12. The summed E-state index contributed by atoms with van der Waals surface area (Å²) in [7, 11) is 0. The maximum absolute atomic E-state index is 10.0. The van der Waals surface area contributed by atoms with Crippen molar-refractivity contribution < 1.29 is 4.79 Å². The Bertz CT molecular complexity index is 290. The zero-order valence-corrected chi connectivity index (χ0v) is 7.71. The lowest BCUT2D eigenvalue weighted by atomic mass is 10.4. The van der Waals surface area contributed by atoms with Crippen molar-refractivity contribution in [1.82, 2.24) is 0 Å². The summed E-state index contributed by atoms with van der Waals surface area (Å²) in [4.78, 5) is 10.8. The van der Waals surface area contributed by atoms with Gasteiger partial charge < -0.3 is 0 Å². The van der Waals surface area contributed by atoms with Gasteiger partial charge in [0.15, 0.2) is 0 Å². The second kappa shape index (κ2) is 3.90. The van der Waals surface area contributed by atoms with E-state index < -0.39 is 0 Å². The van der Waals surface area contributed by atoms with Crippen molar-refractivity contribution >= 4 is 45.9 Å². The second-order valence-corrected chi connectivity index (χ2v) is 3.88. The summed E-state index contributed by atoms with van der Waals surface area (Å²) < 4.78 is 0.664. The minimum atomic E-state index is 0.428. The maximum atomic E-state index is 10.0. The molecule has 1 rings (SSSR count). The Balaban J connectivity index is 2.93. The first-order valence-corrected chi connectivity index (χ1v) is 4.38. The summed E-state index contributed by atoms with van der Waals surface area (Å²) in [5.74, 6) is 0. The van der Waals surface area contributed by atoms with Crippen LogP contribution < -0.4 is 0 Å². The van der Waals surface area contributed by atoms with Crippen LogP contribution in [-0.4, -0.2) is 6.29 Å². The minimum absolute atomic E-state index is 0.428. The highest BCUT2D eigenvalue weighted by atomic mass is 35.5. The maximum Gasteiger partial charge on any atom is 0.144 e. The van der Waals surface area contributed by atoms with E-state index in [-0.39, 0.29) is 0 Å². The summed E-state index contributed by atoms with van der Waals surface area (Å²) in [6, 6.07) is 3.51. The van der Waals surface area contributed by atoms with Gasteiger partial charge in [-0.3, -0.25) is 4.79 Å². The van der Waals surface area contributed by atoms with E-state index in [1.165, 1.54) is 17.4 Å². The highest BCUT2D eigenvalue weighted by Crippen LogP contribution is 2.29. The summed E-state index contributed by atoms with van der Waals surface area (Å²) in [6.07, 6.45) is 1.94. The van der Waals surface area contributed by atoms with Crippen LogP contribution >= 0.6 is 34.5 Å². The summed E-state index contributed by atoms with van der Waals surface area (Å²) in [5, 5.41) is 0.428. The fourth-order valence-electron chi connectivity index (χ4n) is 0.585. The molecule has 0 N–H and O–H groups in total.